The van der Waals surface area contributed by atoms with Gasteiger partial charge in [0.05, 0.1) is 18.2 Å². The summed E-state index contributed by atoms with van der Waals surface area (Å²) in [6, 6.07) is 23.7. The number of rotatable bonds is 28. The van der Waals surface area contributed by atoms with E-state index in [2.05, 4.69) is 0 Å². The number of carbonyl (C=O) groups is 5. The van der Waals surface area contributed by atoms with Gasteiger partial charge in [-0.15, -0.1) is 0 Å². The van der Waals surface area contributed by atoms with E-state index in [9.17, 15) is 121 Å². The minimum Gasteiger partial charge on any atom is -0.508 e. The van der Waals surface area contributed by atoms with Gasteiger partial charge in [0.15, 0.2) is 11.5 Å². The van der Waals surface area contributed by atoms with Crippen LogP contribution in [0.4, 0.5) is 0 Å². The van der Waals surface area contributed by atoms with Gasteiger partial charge in [-0.25, -0.2) is 18.8 Å². The van der Waals surface area contributed by atoms with Crippen molar-refractivity contribution in [2.45, 2.75) is 160 Å². The van der Waals surface area contributed by atoms with Gasteiger partial charge in [-0.3, -0.25) is 9.59 Å². The molecule has 5 aliphatic rings. The third kappa shape index (κ3) is 21.0. The number of phenols is 3. The monoisotopic (exact) mass is 1620 g/mol. The summed E-state index contributed by atoms with van der Waals surface area (Å²) in [6.45, 7) is -3.68. The normalized spacial score (nSPS) is 31.6. The average molecular weight is 1620 g/mol. The quantitative estimate of drug-likeness (QED) is 0.00737. The Balaban J connectivity index is 0.731. The van der Waals surface area contributed by atoms with E-state index in [-0.39, 0.29) is 39.5 Å². The van der Waals surface area contributed by atoms with Gasteiger partial charge in [0.2, 0.25) is 37.2 Å². The van der Waals surface area contributed by atoms with Crippen molar-refractivity contribution < 1.29 is 197 Å². The maximum atomic E-state index is 13.1. The minimum atomic E-state index is -2.14. The number of ether oxygens (including phenoxy) is 14. The fourth-order valence-electron chi connectivity index (χ4n) is 12.1. The second-order valence-electron chi connectivity index (χ2n) is 26.7. The van der Waals surface area contributed by atoms with Crippen LogP contribution in [0, 0.1) is 0 Å². The van der Waals surface area contributed by atoms with Gasteiger partial charge in [-0.2, -0.15) is 0 Å². The van der Waals surface area contributed by atoms with Gasteiger partial charge < -0.3 is 168 Å². The molecule has 6 heterocycles. The number of aliphatic carboxylic acids is 1. The molecule has 0 bridgehead atoms. The van der Waals surface area contributed by atoms with Crippen LogP contribution < -0.4 is 23.7 Å². The largest absolute Gasteiger partial charge is 0.508 e. The van der Waals surface area contributed by atoms with Crippen molar-refractivity contribution in [3.63, 3.8) is 0 Å². The second kappa shape index (κ2) is 37.9. The average Bonchev–Trinajstić information content (AvgIpc) is 0.763. The Labute approximate surface area is 648 Å². The summed E-state index contributed by atoms with van der Waals surface area (Å²) in [6.07, 6.45) is -39.2. The molecule has 5 saturated heterocycles. The van der Waals surface area contributed by atoms with E-state index in [1.165, 1.54) is 97.1 Å². The fraction of sp³-hybridized carbons (Fsp3) is 0.413. The molecule has 5 aromatic carbocycles. The van der Waals surface area contributed by atoms with Gasteiger partial charge >= 0.3 is 41.2 Å². The summed E-state index contributed by atoms with van der Waals surface area (Å²) >= 11 is 0. The van der Waals surface area contributed by atoms with Crippen molar-refractivity contribution in [2.24, 2.45) is 0 Å². The van der Waals surface area contributed by atoms with Gasteiger partial charge in [-0.05, 0) is 83.4 Å². The highest BCUT2D eigenvalue weighted by atomic mass is 16.7. The van der Waals surface area contributed by atoms with Crippen molar-refractivity contribution in [3.05, 3.63) is 144 Å². The number of carboxylic acids is 1. The van der Waals surface area contributed by atoms with Crippen molar-refractivity contribution in [1.82, 2.24) is 0 Å². The number of aromatic hydroxyl groups is 3. The highest BCUT2D eigenvalue weighted by molar-refractivity contribution is 5.91. The third-order valence-corrected chi connectivity index (χ3v) is 18.6. The number of benzene rings is 5. The smallest absolute Gasteiger partial charge is 0.402 e. The second-order valence-corrected chi connectivity index (χ2v) is 26.7. The predicted molar refractivity (Wildman–Crippen MR) is 377 cm³/mol. The molecule has 1 aromatic heterocycles. The lowest BCUT2D eigenvalue weighted by molar-refractivity contribution is -0.278. The number of hydrogen-bond acceptors (Lipinski definition) is 38. The maximum Gasteiger partial charge on any atom is 0.402 e. The summed E-state index contributed by atoms with van der Waals surface area (Å²) in [5.74, 6) is -8.85. The zero-order valence-electron chi connectivity index (χ0n) is 59.6. The number of carbonyl (C=O) groups excluding carboxylic acids is 4. The lowest BCUT2D eigenvalue weighted by atomic mass is 9.99. The first-order valence-corrected chi connectivity index (χ1v) is 35.1. The van der Waals surface area contributed by atoms with Gasteiger partial charge in [0, 0.05) is 36.4 Å². The standard InChI is InChI=1S/C75H80O40/c76-26-45-55(86)60(91)65(96)71(111-45)105-36-13-3-32(4-14-36)8-19-52(83)101-27-46-56(87)61(92)66(97)72(112-46)106-37-15-5-33(6-16-37)9-20-53(84)103-29-48-58(89)63(94)68(99)74(114-48)109-43-21-34(10-17-40(43)78)70-44(110-75-69(100)64(95)59(90)49(115-75)30-104-54(85)25-50(80)81)24-39-41(79)22-38(23-42(39)108-70)107-73-67(98)62(93)57(88)47(113-73)28-102-51(82)18-7-31-1-11-35(77)12-2-31/h1-24,45-49,55-69,71-76,86-100H,25-30H2,(H3-,77,78,79,80,81,82)/p+1/b19-8+,20-9+/t45-,46-,47-,48-,49-,55-,56-,57-,58-,59-,60+,61+,62+,63-,64-,65-,66-,67-,68+,69-,71-,72-,73-,74-,75-/m1/s1. The molecule has 11 rings (SSSR count). The predicted octanol–water partition coefficient (Wildman–Crippen LogP) is -3.79. The van der Waals surface area contributed by atoms with E-state index < -0.39 is 252 Å². The molecule has 0 amide bonds. The van der Waals surface area contributed by atoms with E-state index in [4.69, 9.17) is 75.8 Å². The molecule has 0 saturated carbocycles. The summed E-state index contributed by atoms with van der Waals surface area (Å²) in [7, 11) is 0. The molecule has 0 spiro atoms. The highest BCUT2D eigenvalue weighted by Gasteiger charge is 2.51. The molecule has 5 fully saturated rings. The number of aliphatic hydroxyl groups excluding tert-OH is 16. The first-order valence-electron chi connectivity index (χ1n) is 35.1. The summed E-state index contributed by atoms with van der Waals surface area (Å²) in [5.41, 5.74) is 0.801. The highest BCUT2D eigenvalue weighted by Crippen LogP contribution is 2.44. The van der Waals surface area contributed by atoms with Crippen molar-refractivity contribution in [2.75, 3.05) is 33.0 Å². The molecule has 25 atom stereocenters. The Morgan fingerprint density at radius 2 is 0.722 bits per heavy atom. The van der Waals surface area contributed by atoms with Crippen LogP contribution in [0.15, 0.2) is 132 Å². The van der Waals surface area contributed by atoms with Crippen LogP contribution in [0.25, 0.3) is 40.5 Å². The zero-order valence-corrected chi connectivity index (χ0v) is 59.6. The van der Waals surface area contributed by atoms with Crippen LogP contribution in [0.5, 0.6) is 46.0 Å². The molecule has 40 heteroatoms. The van der Waals surface area contributed by atoms with Crippen molar-refractivity contribution in [3.8, 4) is 57.3 Å². The lowest BCUT2D eigenvalue weighted by Gasteiger charge is -2.40. The Kier molecular flexibility index (Phi) is 28.2. The number of aliphatic hydroxyl groups is 16. The van der Waals surface area contributed by atoms with E-state index >= 15 is 0 Å². The number of fused-ring (bicyclic) bond motifs is 1. The van der Waals surface area contributed by atoms with Gasteiger partial charge in [0.1, 0.15) is 189 Å². The lowest BCUT2D eigenvalue weighted by Crippen LogP contribution is -2.60. The van der Waals surface area contributed by atoms with E-state index in [0.29, 0.717) is 16.7 Å². The van der Waals surface area contributed by atoms with E-state index in [1.54, 1.807) is 0 Å². The van der Waals surface area contributed by atoms with Crippen LogP contribution in [0.2, 0.25) is 0 Å². The van der Waals surface area contributed by atoms with Crippen LogP contribution in [-0.4, -0.2) is 319 Å². The third-order valence-electron chi connectivity index (χ3n) is 18.6. The molecular weight excluding hydrogens is 1540 g/mol. The zero-order chi connectivity index (χ0) is 82.8. The molecule has 0 unspecified atom stereocenters. The SMILES string of the molecule is O=C(O)CC(=O)OC[C@H]1O[C@@H](Oc2cc3c(O)cc(O[C@@H]4O[C@H](COC(=O)C=Cc5ccc(O)cc5)[C@@H](O)[C@H](O)[C@H]4O)cc3[o+]c2-c2ccc(O)c(O[C@@H]3O[C@H](COC(=O)/C=C/c4ccc(O[C@@H]5O[C@H](COC(=O)/C=C/c6ccc(O[C@@H]7O[C@H](CO)[C@@H](O)[C@H](O)[C@H]7O)cc6)[C@@H](O)[C@H](O)[C@H]5O)cc4)[C@@H](O)[C@@H](O)[C@@H]3O)c2)[C@H](O)[C@H](O)[C@@H]1O. The number of carboxylic acid groups (broad SMARTS) is 1. The maximum absolute atomic E-state index is 13.1. The van der Waals surface area contributed by atoms with Crippen molar-refractivity contribution in [1.29, 1.82) is 0 Å². The summed E-state index contributed by atoms with van der Waals surface area (Å²) < 4.78 is 84.4. The van der Waals surface area contributed by atoms with E-state index in [0.717, 1.165) is 48.6 Å². The molecule has 5 aliphatic heterocycles. The summed E-state index contributed by atoms with van der Waals surface area (Å²) in [5, 5.41) is 212. The Morgan fingerprint density at radius 1 is 0.365 bits per heavy atom. The topological polar surface area (TPSA) is 630 Å². The molecule has 0 aliphatic carbocycles. The summed E-state index contributed by atoms with van der Waals surface area (Å²) in [4.78, 5) is 61.8. The molecule has 0 radical (unpaired) electrons. The molecule has 620 valence electrons. The molecule has 40 nitrogen and oxygen atoms in total. The number of hydrogen-bond donors (Lipinski definition) is 20. The number of esters is 4. The van der Waals surface area contributed by atoms with Gasteiger partial charge in [-0.1, -0.05) is 36.4 Å². The van der Waals surface area contributed by atoms with Crippen LogP contribution in [0.3, 0.4) is 0 Å². The number of phenolic OH excluding ortho intramolecular Hbond substituents is 3. The molecule has 6 aromatic rings. The molecule has 115 heavy (non-hydrogen) atoms. The fourth-order valence-corrected chi connectivity index (χ4v) is 12.1. The van der Waals surface area contributed by atoms with Crippen LogP contribution >= 0.6 is 0 Å². The first kappa shape index (κ1) is 85.5. The molecule has 20 N–H and O–H groups in total. The van der Waals surface area contributed by atoms with Crippen molar-refractivity contribution >= 4 is 59.0 Å². The van der Waals surface area contributed by atoms with Crippen LogP contribution in [-0.2, 0) is 66.6 Å². The molecular formula is C75H81O40+. The minimum absolute atomic E-state index is 0.0226. The van der Waals surface area contributed by atoms with E-state index in [1.807, 2.05) is 0 Å². The first-order chi connectivity index (χ1) is 54.8. The Hall–Kier alpha value is -10.4. The van der Waals surface area contributed by atoms with Crippen LogP contribution in [0.1, 0.15) is 23.1 Å². The Bertz CT molecular complexity index is 4420. The Morgan fingerprint density at radius 3 is 1.12 bits per heavy atom. The van der Waals surface area contributed by atoms with Gasteiger partial charge in [0.25, 0.3) is 0 Å².